The molecule has 2 aromatic carbocycles. The topological polar surface area (TPSA) is 29.5 Å². The molecule has 1 N–H and O–H groups in total. The number of halogens is 3. The quantitative estimate of drug-likeness (QED) is 0.842. The van der Waals surface area contributed by atoms with E-state index in [0.29, 0.717) is 16.1 Å². The van der Waals surface area contributed by atoms with Crippen molar-refractivity contribution in [3.63, 3.8) is 0 Å². The van der Waals surface area contributed by atoms with E-state index in [1.807, 2.05) is 6.07 Å². The molecule has 0 bridgehead atoms. The lowest BCUT2D eigenvalue weighted by Crippen LogP contribution is -2.24. The molecular weight excluding hydrogens is 359 g/mol. The van der Waals surface area contributed by atoms with E-state index in [1.54, 1.807) is 31.2 Å². The monoisotopic (exact) mass is 372 g/mol. The maximum absolute atomic E-state index is 13.7. The number of aliphatic hydroxyl groups is 1. The van der Waals surface area contributed by atoms with Crippen molar-refractivity contribution in [2.24, 2.45) is 0 Å². The highest BCUT2D eigenvalue weighted by Crippen LogP contribution is 2.33. The highest BCUT2D eigenvalue weighted by atomic mass is 79.9. The third-order valence-corrected chi connectivity index (χ3v) is 4.08. The van der Waals surface area contributed by atoms with E-state index < -0.39 is 11.4 Å². The number of ether oxygens (including phenoxy) is 1. The molecule has 0 fully saturated rings. The van der Waals surface area contributed by atoms with Crippen molar-refractivity contribution in [3.05, 3.63) is 62.8 Å². The number of hydrogen-bond donors (Lipinski definition) is 1. The molecule has 0 aliphatic rings. The van der Waals surface area contributed by atoms with Crippen LogP contribution in [0.4, 0.5) is 4.39 Å². The van der Waals surface area contributed by atoms with Crippen LogP contribution in [-0.4, -0.2) is 12.2 Å². The third-order valence-electron chi connectivity index (χ3n) is 3.28. The molecule has 21 heavy (non-hydrogen) atoms. The Labute approximate surface area is 136 Å². The number of hydrogen-bond acceptors (Lipinski definition) is 2. The Morgan fingerprint density at radius 1 is 1.29 bits per heavy atom. The molecular formula is C16H15BrClFO2. The number of methoxy groups -OCH3 is 1. The fourth-order valence-corrected chi connectivity index (χ4v) is 3.12. The lowest BCUT2D eigenvalue weighted by Gasteiger charge is -2.25. The van der Waals surface area contributed by atoms with Crippen molar-refractivity contribution in [1.82, 2.24) is 0 Å². The largest absolute Gasteiger partial charge is 0.494 e. The minimum atomic E-state index is -1.20. The van der Waals surface area contributed by atoms with Crippen LogP contribution >= 0.6 is 27.5 Å². The Bertz CT molecular complexity index is 659. The molecule has 0 saturated carbocycles. The average Bonchev–Trinajstić information content (AvgIpc) is 2.37. The first-order valence-electron chi connectivity index (χ1n) is 6.34. The van der Waals surface area contributed by atoms with Crippen LogP contribution in [0.15, 0.2) is 40.9 Å². The molecule has 0 amide bonds. The Morgan fingerprint density at radius 2 is 2.00 bits per heavy atom. The Hall–Kier alpha value is -1.10. The predicted octanol–water partition coefficient (Wildman–Crippen LogP) is 4.70. The first-order chi connectivity index (χ1) is 9.83. The van der Waals surface area contributed by atoms with Crippen LogP contribution < -0.4 is 4.74 Å². The third kappa shape index (κ3) is 3.76. The summed E-state index contributed by atoms with van der Waals surface area (Å²) < 4.78 is 19.4. The number of rotatable bonds is 4. The van der Waals surface area contributed by atoms with Crippen molar-refractivity contribution in [1.29, 1.82) is 0 Å². The van der Waals surface area contributed by atoms with E-state index in [9.17, 15) is 9.50 Å². The summed E-state index contributed by atoms with van der Waals surface area (Å²) in [6.07, 6.45) is 0.245. The lowest BCUT2D eigenvalue weighted by atomic mass is 9.89. The smallest absolute Gasteiger partial charge is 0.165 e. The fraction of sp³-hybridized carbons (Fsp3) is 0.250. The van der Waals surface area contributed by atoms with E-state index in [0.717, 1.165) is 4.47 Å². The summed E-state index contributed by atoms with van der Waals surface area (Å²) in [5.41, 5.74) is 0.0691. The Kier molecular flexibility index (Phi) is 4.91. The van der Waals surface area contributed by atoms with Gasteiger partial charge in [0, 0.05) is 21.5 Å². The minimum Gasteiger partial charge on any atom is -0.494 e. The fourth-order valence-electron chi connectivity index (χ4n) is 2.24. The average molecular weight is 374 g/mol. The summed E-state index contributed by atoms with van der Waals surface area (Å²) in [6.45, 7) is 1.66. The van der Waals surface area contributed by atoms with Crippen molar-refractivity contribution in [2.45, 2.75) is 18.9 Å². The zero-order chi connectivity index (χ0) is 15.6. The summed E-state index contributed by atoms with van der Waals surface area (Å²) in [4.78, 5) is 0. The van der Waals surface area contributed by atoms with Gasteiger partial charge in [0.2, 0.25) is 0 Å². The zero-order valence-electron chi connectivity index (χ0n) is 11.7. The molecule has 0 aliphatic carbocycles. The van der Waals surface area contributed by atoms with Crippen LogP contribution in [0.3, 0.4) is 0 Å². The molecule has 0 heterocycles. The maximum Gasteiger partial charge on any atom is 0.165 e. The normalized spacial score (nSPS) is 13.8. The molecule has 2 rings (SSSR count). The van der Waals surface area contributed by atoms with Gasteiger partial charge in [0.1, 0.15) is 0 Å². The molecule has 0 radical (unpaired) electrons. The molecule has 112 valence electrons. The van der Waals surface area contributed by atoms with Crippen molar-refractivity contribution in [2.75, 3.05) is 7.11 Å². The highest BCUT2D eigenvalue weighted by molar-refractivity contribution is 9.10. The Balaban J connectivity index is 2.30. The van der Waals surface area contributed by atoms with Crippen molar-refractivity contribution < 1.29 is 14.2 Å². The molecule has 0 aromatic heterocycles. The van der Waals surface area contributed by atoms with Crippen LogP contribution in [0.1, 0.15) is 18.1 Å². The summed E-state index contributed by atoms with van der Waals surface area (Å²) >= 11 is 9.50. The van der Waals surface area contributed by atoms with Crippen LogP contribution in [0.2, 0.25) is 5.02 Å². The van der Waals surface area contributed by atoms with Crippen molar-refractivity contribution >= 4 is 27.5 Å². The van der Waals surface area contributed by atoms with Gasteiger partial charge in [-0.05, 0) is 36.8 Å². The SMILES string of the molecule is COc1ccc(CC(C)(O)c2ccc(Br)cc2Cl)cc1F. The van der Waals surface area contributed by atoms with E-state index in [4.69, 9.17) is 16.3 Å². The van der Waals surface area contributed by atoms with Crippen LogP contribution in [-0.2, 0) is 12.0 Å². The highest BCUT2D eigenvalue weighted by Gasteiger charge is 2.26. The van der Waals surface area contributed by atoms with Gasteiger partial charge in [-0.25, -0.2) is 4.39 Å². The van der Waals surface area contributed by atoms with E-state index >= 15 is 0 Å². The second-order valence-corrected chi connectivity index (χ2v) is 6.37. The molecule has 0 spiro atoms. The second-order valence-electron chi connectivity index (χ2n) is 5.04. The van der Waals surface area contributed by atoms with Gasteiger partial charge in [-0.3, -0.25) is 0 Å². The summed E-state index contributed by atoms with van der Waals surface area (Å²) in [6, 6.07) is 9.92. The Morgan fingerprint density at radius 3 is 2.57 bits per heavy atom. The van der Waals surface area contributed by atoms with Gasteiger partial charge in [-0.1, -0.05) is 39.7 Å². The summed E-state index contributed by atoms with van der Waals surface area (Å²) in [7, 11) is 1.41. The molecule has 1 unspecified atom stereocenters. The number of benzene rings is 2. The van der Waals surface area contributed by atoms with Gasteiger partial charge in [0.25, 0.3) is 0 Å². The maximum atomic E-state index is 13.7. The zero-order valence-corrected chi connectivity index (χ0v) is 14.0. The molecule has 0 saturated heterocycles. The summed E-state index contributed by atoms with van der Waals surface area (Å²) in [5.74, 6) is -0.271. The predicted molar refractivity (Wildman–Crippen MR) is 85.4 cm³/mol. The van der Waals surface area contributed by atoms with Crippen LogP contribution in [0.25, 0.3) is 0 Å². The van der Waals surface area contributed by atoms with Crippen LogP contribution in [0, 0.1) is 5.82 Å². The first-order valence-corrected chi connectivity index (χ1v) is 7.51. The van der Waals surface area contributed by atoms with Crippen LogP contribution in [0.5, 0.6) is 5.75 Å². The van der Waals surface area contributed by atoms with E-state index in [-0.39, 0.29) is 12.2 Å². The first kappa shape index (κ1) is 16.3. The molecule has 1 atom stereocenters. The van der Waals surface area contributed by atoms with E-state index in [2.05, 4.69) is 15.9 Å². The molecule has 0 aliphatic heterocycles. The van der Waals surface area contributed by atoms with Gasteiger partial charge < -0.3 is 9.84 Å². The molecule has 5 heteroatoms. The van der Waals surface area contributed by atoms with Gasteiger partial charge in [0.05, 0.1) is 12.7 Å². The van der Waals surface area contributed by atoms with Crippen molar-refractivity contribution in [3.8, 4) is 5.75 Å². The van der Waals surface area contributed by atoms with Gasteiger partial charge in [0.15, 0.2) is 11.6 Å². The van der Waals surface area contributed by atoms with Gasteiger partial charge in [-0.15, -0.1) is 0 Å². The molecule has 2 nitrogen and oxygen atoms in total. The van der Waals surface area contributed by atoms with Gasteiger partial charge in [-0.2, -0.15) is 0 Å². The van der Waals surface area contributed by atoms with E-state index in [1.165, 1.54) is 13.2 Å². The standard InChI is InChI=1S/C16H15BrClFO2/c1-16(20,12-5-4-11(17)8-13(12)18)9-10-3-6-15(21-2)14(19)7-10/h3-8,20H,9H2,1-2H3. The lowest BCUT2D eigenvalue weighted by molar-refractivity contribution is 0.0576. The molecule has 2 aromatic rings. The second kappa shape index (κ2) is 6.34. The summed E-state index contributed by atoms with van der Waals surface area (Å²) in [5, 5.41) is 11.1. The minimum absolute atomic E-state index is 0.181. The van der Waals surface area contributed by atoms with Gasteiger partial charge >= 0.3 is 0 Å².